The van der Waals surface area contributed by atoms with E-state index < -0.39 is 10.0 Å². The van der Waals surface area contributed by atoms with Gasteiger partial charge in [-0.3, -0.25) is 9.89 Å². The number of rotatable bonds is 5. The molecule has 3 N–H and O–H groups in total. The Morgan fingerprint density at radius 3 is 2.65 bits per heavy atom. The maximum Gasteiger partial charge on any atom is 0.255 e. The molecule has 1 fully saturated rings. The van der Waals surface area contributed by atoms with Crippen LogP contribution in [0.5, 0.6) is 0 Å². The zero-order valence-electron chi connectivity index (χ0n) is 12.9. The summed E-state index contributed by atoms with van der Waals surface area (Å²) in [5.74, 6) is -0.374. The van der Waals surface area contributed by atoms with Crippen molar-refractivity contribution in [2.45, 2.75) is 37.6 Å². The molecule has 1 heterocycles. The number of benzene rings is 1. The third kappa shape index (κ3) is 3.43. The van der Waals surface area contributed by atoms with E-state index in [1.165, 1.54) is 12.1 Å². The van der Waals surface area contributed by atoms with Gasteiger partial charge >= 0.3 is 0 Å². The molecule has 2 aromatic rings. The Kier molecular flexibility index (Phi) is 3.95. The van der Waals surface area contributed by atoms with E-state index >= 15 is 0 Å². The monoisotopic (exact) mass is 334 g/mol. The molecule has 0 unspecified atom stereocenters. The molecule has 122 valence electrons. The normalized spacial score (nSPS) is 14.7. The second kappa shape index (κ2) is 5.78. The number of nitrogens with zero attached hydrogens (tertiary/aromatic N) is 1. The van der Waals surface area contributed by atoms with Gasteiger partial charge in [-0.15, -0.1) is 0 Å². The number of hydrogen-bond acceptors (Lipinski definition) is 4. The minimum Gasteiger partial charge on any atom is -0.319 e. The lowest BCUT2D eigenvalue weighted by molar-refractivity contribution is 0.102. The molecule has 0 radical (unpaired) electrons. The summed E-state index contributed by atoms with van der Waals surface area (Å²) in [7, 11) is -3.58. The highest BCUT2D eigenvalue weighted by molar-refractivity contribution is 7.89. The number of carbonyl (C=O) groups excluding carboxylic acids is 1. The number of carbonyl (C=O) groups is 1. The van der Waals surface area contributed by atoms with E-state index in [-0.39, 0.29) is 22.4 Å². The molecule has 3 rings (SSSR count). The number of anilines is 1. The van der Waals surface area contributed by atoms with E-state index in [1.54, 1.807) is 26.0 Å². The molecule has 1 aromatic heterocycles. The Hall–Kier alpha value is -2.19. The van der Waals surface area contributed by atoms with E-state index in [1.807, 2.05) is 0 Å². The van der Waals surface area contributed by atoms with Gasteiger partial charge in [0.1, 0.15) is 0 Å². The van der Waals surface area contributed by atoms with Crippen LogP contribution >= 0.6 is 0 Å². The van der Waals surface area contributed by atoms with E-state index in [0.29, 0.717) is 11.4 Å². The molecular weight excluding hydrogens is 316 g/mol. The van der Waals surface area contributed by atoms with Crippen LogP contribution in [0.2, 0.25) is 0 Å². The SMILES string of the molecule is Cc1n[nH]c(C)c1NC(=O)c1cccc(S(=O)(=O)NC2CC2)c1. The number of nitrogens with one attached hydrogen (secondary N) is 3. The van der Waals surface area contributed by atoms with Gasteiger partial charge in [-0.1, -0.05) is 6.07 Å². The largest absolute Gasteiger partial charge is 0.319 e. The summed E-state index contributed by atoms with van der Waals surface area (Å²) in [5.41, 5.74) is 2.31. The van der Waals surface area contributed by atoms with Crippen LogP contribution in [-0.2, 0) is 10.0 Å². The second-order valence-corrected chi connectivity index (χ2v) is 7.40. The van der Waals surface area contributed by atoms with Crippen LogP contribution in [0.15, 0.2) is 29.2 Å². The van der Waals surface area contributed by atoms with Crippen molar-refractivity contribution in [1.29, 1.82) is 0 Å². The summed E-state index contributed by atoms with van der Waals surface area (Å²) in [4.78, 5) is 12.5. The summed E-state index contributed by atoms with van der Waals surface area (Å²) in [6.45, 7) is 3.58. The maximum absolute atomic E-state index is 12.4. The first-order valence-electron chi connectivity index (χ1n) is 7.32. The van der Waals surface area contributed by atoms with Crippen LogP contribution < -0.4 is 10.0 Å². The van der Waals surface area contributed by atoms with E-state index in [9.17, 15) is 13.2 Å². The number of sulfonamides is 1. The van der Waals surface area contributed by atoms with Crippen LogP contribution in [0.4, 0.5) is 5.69 Å². The molecule has 0 saturated heterocycles. The predicted molar refractivity (Wildman–Crippen MR) is 85.8 cm³/mol. The van der Waals surface area contributed by atoms with Crippen molar-refractivity contribution in [3.8, 4) is 0 Å². The zero-order valence-corrected chi connectivity index (χ0v) is 13.7. The van der Waals surface area contributed by atoms with Crippen molar-refractivity contribution in [3.05, 3.63) is 41.2 Å². The zero-order chi connectivity index (χ0) is 16.6. The highest BCUT2D eigenvalue weighted by Crippen LogP contribution is 2.23. The molecule has 0 atom stereocenters. The molecule has 0 aliphatic heterocycles. The van der Waals surface area contributed by atoms with Crippen LogP contribution in [0.25, 0.3) is 0 Å². The third-order valence-corrected chi connectivity index (χ3v) is 5.19. The number of amides is 1. The fourth-order valence-electron chi connectivity index (χ4n) is 2.21. The summed E-state index contributed by atoms with van der Waals surface area (Å²) >= 11 is 0. The average Bonchev–Trinajstić information content (AvgIpc) is 3.27. The maximum atomic E-state index is 12.4. The number of aryl methyl sites for hydroxylation is 2. The smallest absolute Gasteiger partial charge is 0.255 e. The topological polar surface area (TPSA) is 104 Å². The van der Waals surface area contributed by atoms with E-state index in [0.717, 1.165) is 18.5 Å². The van der Waals surface area contributed by atoms with Crippen LogP contribution in [0.1, 0.15) is 34.6 Å². The number of aromatic amines is 1. The van der Waals surface area contributed by atoms with Crippen molar-refractivity contribution in [1.82, 2.24) is 14.9 Å². The molecule has 1 aromatic carbocycles. The van der Waals surface area contributed by atoms with Crippen molar-refractivity contribution >= 4 is 21.6 Å². The minimum absolute atomic E-state index is 0.0220. The van der Waals surface area contributed by atoms with Crippen molar-refractivity contribution in [2.75, 3.05) is 5.32 Å². The number of H-pyrrole nitrogens is 1. The van der Waals surface area contributed by atoms with Gasteiger partial charge in [0.2, 0.25) is 10.0 Å². The van der Waals surface area contributed by atoms with Gasteiger partial charge in [-0.2, -0.15) is 5.10 Å². The van der Waals surface area contributed by atoms with E-state index in [4.69, 9.17) is 0 Å². The van der Waals surface area contributed by atoms with Gasteiger partial charge < -0.3 is 5.32 Å². The molecule has 23 heavy (non-hydrogen) atoms. The van der Waals surface area contributed by atoms with Gasteiger partial charge in [-0.25, -0.2) is 13.1 Å². The first kappa shape index (κ1) is 15.7. The molecule has 1 saturated carbocycles. The molecule has 0 bridgehead atoms. The Morgan fingerprint density at radius 1 is 1.30 bits per heavy atom. The molecule has 8 heteroatoms. The Labute approximate surface area is 134 Å². The average molecular weight is 334 g/mol. The van der Waals surface area contributed by atoms with Gasteiger partial charge in [0.05, 0.1) is 22.0 Å². The van der Waals surface area contributed by atoms with Crippen LogP contribution in [0.3, 0.4) is 0 Å². The molecule has 1 amide bonds. The van der Waals surface area contributed by atoms with Crippen molar-refractivity contribution in [2.24, 2.45) is 0 Å². The Balaban J connectivity index is 1.83. The predicted octanol–water partition coefficient (Wildman–Crippen LogP) is 1.72. The van der Waals surface area contributed by atoms with Crippen molar-refractivity contribution in [3.63, 3.8) is 0 Å². The van der Waals surface area contributed by atoms with Crippen LogP contribution in [-0.4, -0.2) is 30.6 Å². The first-order chi connectivity index (χ1) is 10.9. The lowest BCUT2D eigenvalue weighted by atomic mass is 10.2. The highest BCUT2D eigenvalue weighted by atomic mass is 32.2. The van der Waals surface area contributed by atoms with Gasteiger partial charge in [0.15, 0.2) is 0 Å². The van der Waals surface area contributed by atoms with E-state index in [2.05, 4.69) is 20.2 Å². The lowest BCUT2D eigenvalue weighted by Crippen LogP contribution is -2.26. The fourth-order valence-corrected chi connectivity index (χ4v) is 3.56. The first-order valence-corrected chi connectivity index (χ1v) is 8.80. The summed E-state index contributed by atoms with van der Waals surface area (Å²) < 4.78 is 27.1. The second-order valence-electron chi connectivity index (χ2n) is 5.69. The minimum atomic E-state index is -3.58. The molecule has 1 aliphatic carbocycles. The number of aromatic nitrogens is 2. The lowest BCUT2D eigenvalue weighted by Gasteiger charge is -2.08. The molecule has 1 aliphatic rings. The van der Waals surface area contributed by atoms with Gasteiger partial charge in [0.25, 0.3) is 5.91 Å². The molecule has 0 spiro atoms. The summed E-state index contributed by atoms with van der Waals surface area (Å²) in [6, 6.07) is 6.02. The third-order valence-electron chi connectivity index (χ3n) is 3.67. The Morgan fingerprint density at radius 2 is 2.04 bits per heavy atom. The summed E-state index contributed by atoms with van der Waals surface area (Å²) in [5, 5.41) is 9.56. The summed E-state index contributed by atoms with van der Waals surface area (Å²) in [6.07, 6.45) is 1.72. The molecule has 7 nitrogen and oxygen atoms in total. The fraction of sp³-hybridized carbons (Fsp3) is 0.333. The molecular formula is C15H18N4O3S. The highest BCUT2D eigenvalue weighted by Gasteiger charge is 2.28. The van der Waals surface area contributed by atoms with Gasteiger partial charge in [0, 0.05) is 11.6 Å². The Bertz CT molecular complexity index is 834. The van der Waals surface area contributed by atoms with Crippen molar-refractivity contribution < 1.29 is 13.2 Å². The van der Waals surface area contributed by atoms with Gasteiger partial charge in [-0.05, 0) is 44.9 Å². The standard InChI is InChI=1S/C15H18N4O3S/c1-9-14(10(2)18-17-9)16-15(20)11-4-3-5-13(8-11)23(21,22)19-12-6-7-12/h3-5,8,12,19H,6-7H2,1-2H3,(H,16,20)(H,17,18). The van der Waals surface area contributed by atoms with Crippen LogP contribution in [0, 0.1) is 13.8 Å². The number of hydrogen-bond donors (Lipinski definition) is 3. The quantitative estimate of drug-likeness (QED) is 0.774.